The highest BCUT2D eigenvalue weighted by Crippen LogP contribution is 2.42. The number of rotatable bonds is 4. The Labute approximate surface area is 316 Å². The number of hydrogen-bond acceptors (Lipinski definition) is 2. The SMILES string of the molecule is N#Cc1cccc(-n2c3ccccc3c3c(C#N)cccc32)c1-c1cccc(-n2c3ccccc3c3c(-n4c5ccccc5c5ccccc54)cccc32)c1. The van der Waals surface area contributed by atoms with E-state index in [1.807, 2.05) is 36.4 Å². The minimum absolute atomic E-state index is 0.577. The van der Waals surface area contributed by atoms with Crippen LogP contribution in [0, 0.1) is 22.7 Å². The highest BCUT2D eigenvalue weighted by molar-refractivity contribution is 6.17. The Morgan fingerprint density at radius 2 is 0.800 bits per heavy atom. The number of fused-ring (bicyclic) bond motifs is 9. The predicted molar refractivity (Wildman–Crippen MR) is 224 cm³/mol. The largest absolute Gasteiger partial charge is 0.309 e. The summed E-state index contributed by atoms with van der Waals surface area (Å²) in [5.41, 5.74) is 12.4. The molecule has 0 fully saturated rings. The van der Waals surface area contributed by atoms with Crippen LogP contribution in [-0.4, -0.2) is 13.7 Å². The summed E-state index contributed by atoms with van der Waals surface area (Å²) in [6, 6.07) is 65.9. The molecule has 0 aliphatic heterocycles. The predicted octanol–water partition coefficient (Wildman–Crippen LogP) is 12.4. The lowest BCUT2D eigenvalue weighted by Crippen LogP contribution is -2.01. The van der Waals surface area contributed by atoms with Crippen molar-refractivity contribution < 1.29 is 0 Å². The summed E-state index contributed by atoms with van der Waals surface area (Å²) in [6.45, 7) is 0. The summed E-state index contributed by atoms with van der Waals surface area (Å²) >= 11 is 0. The molecule has 0 saturated carbocycles. The fourth-order valence-corrected chi connectivity index (χ4v) is 8.94. The third kappa shape index (κ3) is 4.33. The summed E-state index contributed by atoms with van der Waals surface area (Å²) < 4.78 is 6.95. The van der Waals surface area contributed by atoms with Crippen LogP contribution in [0.2, 0.25) is 0 Å². The van der Waals surface area contributed by atoms with Crippen LogP contribution in [-0.2, 0) is 0 Å². The topological polar surface area (TPSA) is 62.4 Å². The highest BCUT2D eigenvalue weighted by atomic mass is 15.0. The van der Waals surface area contributed by atoms with Crippen molar-refractivity contribution in [2.45, 2.75) is 0 Å². The van der Waals surface area contributed by atoms with Gasteiger partial charge in [-0.2, -0.15) is 10.5 Å². The number of benzene rings is 8. The fraction of sp³-hybridized carbons (Fsp3) is 0. The molecule has 5 nitrogen and oxygen atoms in total. The van der Waals surface area contributed by atoms with Crippen LogP contribution in [0.4, 0.5) is 0 Å². The molecule has 3 aromatic heterocycles. The van der Waals surface area contributed by atoms with Crippen molar-refractivity contribution in [2.24, 2.45) is 0 Å². The van der Waals surface area contributed by atoms with Crippen molar-refractivity contribution in [2.75, 3.05) is 0 Å². The van der Waals surface area contributed by atoms with Crippen molar-refractivity contribution in [3.8, 4) is 40.3 Å². The first-order valence-corrected chi connectivity index (χ1v) is 18.3. The van der Waals surface area contributed by atoms with E-state index in [0.717, 1.165) is 66.4 Å². The third-order valence-electron chi connectivity index (χ3n) is 11.1. The van der Waals surface area contributed by atoms with Crippen molar-refractivity contribution in [1.82, 2.24) is 13.7 Å². The zero-order valence-electron chi connectivity index (χ0n) is 29.5. The third-order valence-corrected chi connectivity index (χ3v) is 11.1. The summed E-state index contributed by atoms with van der Waals surface area (Å²) in [5.74, 6) is 0. The average Bonchev–Trinajstić information content (AvgIpc) is 3.89. The lowest BCUT2D eigenvalue weighted by Gasteiger charge is -2.17. The Balaban J connectivity index is 1.18. The van der Waals surface area contributed by atoms with Crippen LogP contribution in [0.25, 0.3) is 93.6 Å². The van der Waals surface area contributed by atoms with Gasteiger partial charge in [0.25, 0.3) is 0 Å². The molecule has 0 atom stereocenters. The smallest absolute Gasteiger partial charge is 0.0998 e. The number of nitriles is 2. The Bertz CT molecular complexity index is 3420. The molecule has 254 valence electrons. The van der Waals surface area contributed by atoms with Crippen LogP contribution in [0.1, 0.15) is 11.1 Å². The van der Waals surface area contributed by atoms with Crippen molar-refractivity contribution >= 4 is 65.4 Å². The summed E-state index contributed by atoms with van der Waals surface area (Å²) in [6.07, 6.45) is 0. The maximum Gasteiger partial charge on any atom is 0.0998 e. The molecule has 0 spiro atoms. The lowest BCUT2D eigenvalue weighted by atomic mass is 9.97. The highest BCUT2D eigenvalue weighted by Gasteiger charge is 2.22. The molecule has 0 saturated heterocycles. The van der Waals surface area contributed by atoms with E-state index in [9.17, 15) is 10.5 Å². The molecule has 3 heterocycles. The quantitative estimate of drug-likeness (QED) is 0.184. The zero-order valence-corrected chi connectivity index (χ0v) is 29.5. The second-order valence-corrected chi connectivity index (χ2v) is 13.9. The van der Waals surface area contributed by atoms with Gasteiger partial charge in [0.05, 0.1) is 67.7 Å². The van der Waals surface area contributed by atoms with Crippen molar-refractivity contribution in [1.29, 1.82) is 10.5 Å². The molecule has 0 aliphatic carbocycles. The van der Waals surface area contributed by atoms with Gasteiger partial charge in [0.2, 0.25) is 0 Å². The first-order chi connectivity index (χ1) is 27.2. The second kappa shape index (κ2) is 11.8. The van der Waals surface area contributed by atoms with Crippen LogP contribution in [0.3, 0.4) is 0 Å². The first kappa shape index (κ1) is 30.7. The number of hydrogen-bond donors (Lipinski definition) is 0. The second-order valence-electron chi connectivity index (χ2n) is 13.9. The van der Waals surface area contributed by atoms with E-state index < -0.39 is 0 Å². The molecule has 0 N–H and O–H groups in total. The molecule has 0 aliphatic rings. The Kier molecular flexibility index (Phi) is 6.61. The van der Waals surface area contributed by atoms with Gasteiger partial charge >= 0.3 is 0 Å². The van der Waals surface area contributed by atoms with Gasteiger partial charge in [-0.3, -0.25) is 0 Å². The average molecular weight is 700 g/mol. The van der Waals surface area contributed by atoms with Crippen molar-refractivity contribution in [3.05, 3.63) is 187 Å². The van der Waals surface area contributed by atoms with E-state index in [1.54, 1.807) is 0 Å². The van der Waals surface area contributed by atoms with Crippen LogP contribution >= 0.6 is 0 Å². The minimum Gasteiger partial charge on any atom is -0.309 e. The lowest BCUT2D eigenvalue weighted by molar-refractivity contribution is 1.16. The molecule has 0 amide bonds. The van der Waals surface area contributed by atoms with Crippen molar-refractivity contribution in [3.63, 3.8) is 0 Å². The van der Waals surface area contributed by atoms with Gasteiger partial charge in [-0.1, -0.05) is 103 Å². The number of nitrogens with zero attached hydrogens (tertiary/aromatic N) is 5. The van der Waals surface area contributed by atoms with Gasteiger partial charge in [0.1, 0.15) is 0 Å². The molecule has 0 radical (unpaired) electrons. The molecular formula is C50H29N5. The van der Waals surface area contributed by atoms with Gasteiger partial charge in [0.15, 0.2) is 0 Å². The zero-order chi connectivity index (χ0) is 36.6. The summed E-state index contributed by atoms with van der Waals surface area (Å²) in [5, 5.41) is 27.4. The summed E-state index contributed by atoms with van der Waals surface area (Å²) in [7, 11) is 0. The maximum absolute atomic E-state index is 10.6. The van der Waals surface area contributed by atoms with E-state index in [2.05, 4.69) is 165 Å². The molecular weight excluding hydrogens is 671 g/mol. The normalized spacial score (nSPS) is 11.6. The molecule has 0 bridgehead atoms. The molecule has 11 aromatic rings. The first-order valence-electron chi connectivity index (χ1n) is 18.3. The van der Waals surface area contributed by atoms with Crippen LogP contribution in [0.5, 0.6) is 0 Å². The van der Waals surface area contributed by atoms with E-state index in [-0.39, 0.29) is 0 Å². The molecule has 11 rings (SSSR count). The van der Waals surface area contributed by atoms with Gasteiger partial charge in [-0.25, -0.2) is 0 Å². The summed E-state index contributed by atoms with van der Waals surface area (Å²) in [4.78, 5) is 0. The maximum atomic E-state index is 10.6. The van der Waals surface area contributed by atoms with Gasteiger partial charge in [0, 0.05) is 43.6 Å². The van der Waals surface area contributed by atoms with Gasteiger partial charge < -0.3 is 13.7 Å². The molecule has 0 unspecified atom stereocenters. The van der Waals surface area contributed by atoms with Crippen LogP contribution in [0.15, 0.2) is 176 Å². The van der Waals surface area contributed by atoms with Crippen LogP contribution < -0.4 is 0 Å². The fourth-order valence-electron chi connectivity index (χ4n) is 8.94. The monoisotopic (exact) mass is 699 g/mol. The number of para-hydroxylation sites is 4. The Morgan fingerprint density at radius 1 is 0.345 bits per heavy atom. The van der Waals surface area contributed by atoms with Gasteiger partial charge in [-0.05, 0) is 78.4 Å². The van der Waals surface area contributed by atoms with Gasteiger partial charge in [-0.15, -0.1) is 0 Å². The standard InChI is InChI=1S/C50H29N5/c51-30-33-14-10-25-44(55-43-24-8-3-19-38(43)49-34(31-52)15-11-26-45(49)55)48(33)32-13-9-16-35(29-32)53-42-23-7-4-20-39(42)50-46(53)27-12-28-47(50)54-40-21-5-1-17-36(40)37-18-2-6-22-41(37)54/h1-29H. The molecule has 8 aromatic carbocycles. The molecule has 55 heavy (non-hydrogen) atoms. The Hall–Kier alpha value is -7.86. The Morgan fingerprint density at radius 3 is 1.47 bits per heavy atom. The van der Waals surface area contributed by atoms with E-state index in [4.69, 9.17) is 0 Å². The van der Waals surface area contributed by atoms with E-state index >= 15 is 0 Å². The number of aromatic nitrogens is 3. The minimum atomic E-state index is 0.577. The van der Waals surface area contributed by atoms with E-state index in [1.165, 1.54) is 27.2 Å². The van der Waals surface area contributed by atoms with E-state index in [0.29, 0.717) is 11.1 Å². The molecule has 5 heteroatoms.